The SMILES string of the molecule is CCNC(Cc1nc2ccccc2s1)c1ccc(C)s1. The van der Waals surface area contributed by atoms with E-state index in [0.717, 1.165) is 18.5 Å². The normalized spacial score (nSPS) is 12.9. The molecule has 1 atom stereocenters. The van der Waals surface area contributed by atoms with Gasteiger partial charge in [0, 0.05) is 22.2 Å². The summed E-state index contributed by atoms with van der Waals surface area (Å²) in [4.78, 5) is 7.52. The lowest BCUT2D eigenvalue weighted by atomic mass is 10.1. The van der Waals surface area contributed by atoms with Crippen LogP contribution in [0.2, 0.25) is 0 Å². The van der Waals surface area contributed by atoms with Gasteiger partial charge in [-0.3, -0.25) is 0 Å². The molecule has 0 aliphatic heterocycles. The van der Waals surface area contributed by atoms with E-state index in [1.165, 1.54) is 19.5 Å². The van der Waals surface area contributed by atoms with Crippen molar-refractivity contribution < 1.29 is 0 Å². The number of aryl methyl sites for hydroxylation is 1. The minimum absolute atomic E-state index is 0.374. The minimum Gasteiger partial charge on any atom is -0.309 e. The summed E-state index contributed by atoms with van der Waals surface area (Å²) in [5.41, 5.74) is 1.12. The summed E-state index contributed by atoms with van der Waals surface area (Å²) in [6.45, 7) is 5.30. The average Bonchev–Trinajstić information content (AvgIpc) is 3.03. The van der Waals surface area contributed by atoms with E-state index in [-0.39, 0.29) is 0 Å². The Bertz CT molecular complexity index is 666. The predicted molar refractivity (Wildman–Crippen MR) is 88.8 cm³/mol. The number of thiophene rings is 1. The van der Waals surface area contributed by atoms with E-state index in [0.29, 0.717) is 6.04 Å². The number of benzene rings is 1. The van der Waals surface area contributed by atoms with Crippen molar-refractivity contribution in [1.82, 2.24) is 10.3 Å². The van der Waals surface area contributed by atoms with Crippen LogP contribution in [0.5, 0.6) is 0 Å². The van der Waals surface area contributed by atoms with Crippen molar-refractivity contribution in [3.05, 3.63) is 51.2 Å². The Balaban J connectivity index is 1.85. The summed E-state index contributed by atoms with van der Waals surface area (Å²) >= 11 is 3.68. The molecule has 0 amide bonds. The number of hydrogen-bond donors (Lipinski definition) is 1. The fraction of sp³-hybridized carbons (Fsp3) is 0.312. The van der Waals surface area contributed by atoms with E-state index in [2.05, 4.69) is 55.6 Å². The lowest BCUT2D eigenvalue weighted by molar-refractivity contribution is 0.557. The van der Waals surface area contributed by atoms with E-state index in [1.54, 1.807) is 11.3 Å². The first-order chi connectivity index (χ1) is 9.76. The van der Waals surface area contributed by atoms with Gasteiger partial charge in [0.2, 0.25) is 0 Å². The van der Waals surface area contributed by atoms with Crippen LogP contribution in [0, 0.1) is 6.92 Å². The number of aromatic nitrogens is 1. The second kappa shape index (κ2) is 6.04. The van der Waals surface area contributed by atoms with Crippen LogP contribution < -0.4 is 5.32 Å². The van der Waals surface area contributed by atoms with Crippen molar-refractivity contribution in [3.63, 3.8) is 0 Å². The molecule has 0 saturated heterocycles. The molecule has 0 fully saturated rings. The monoisotopic (exact) mass is 302 g/mol. The zero-order valence-corrected chi connectivity index (χ0v) is 13.4. The van der Waals surface area contributed by atoms with Gasteiger partial charge in [-0.2, -0.15) is 0 Å². The van der Waals surface area contributed by atoms with Gasteiger partial charge in [0.25, 0.3) is 0 Å². The first kappa shape index (κ1) is 13.7. The fourth-order valence-electron chi connectivity index (χ4n) is 2.34. The summed E-state index contributed by atoms with van der Waals surface area (Å²) in [7, 11) is 0. The summed E-state index contributed by atoms with van der Waals surface area (Å²) in [5.74, 6) is 0. The van der Waals surface area contributed by atoms with Crippen LogP contribution in [-0.2, 0) is 6.42 Å². The molecule has 4 heteroatoms. The Labute approximate surface area is 127 Å². The molecule has 2 heterocycles. The molecular weight excluding hydrogens is 284 g/mol. The van der Waals surface area contributed by atoms with Crippen LogP contribution in [0.4, 0.5) is 0 Å². The highest BCUT2D eigenvalue weighted by atomic mass is 32.1. The minimum atomic E-state index is 0.374. The third kappa shape index (κ3) is 2.92. The highest BCUT2D eigenvalue weighted by Gasteiger charge is 2.15. The van der Waals surface area contributed by atoms with Crippen molar-refractivity contribution in [2.24, 2.45) is 0 Å². The fourth-order valence-corrected chi connectivity index (χ4v) is 4.31. The van der Waals surface area contributed by atoms with E-state index < -0.39 is 0 Å². The third-order valence-corrected chi connectivity index (χ3v) is 5.45. The average molecular weight is 302 g/mol. The van der Waals surface area contributed by atoms with Gasteiger partial charge in [0.15, 0.2) is 0 Å². The Kier molecular flexibility index (Phi) is 4.15. The molecule has 0 radical (unpaired) electrons. The smallest absolute Gasteiger partial charge is 0.0957 e. The molecule has 0 saturated carbocycles. The molecule has 0 spiro atoms. The lowest BCUT2D eigenvalue weighted by Gasteiger charge is -2.14. The number of rotatable bonds is 5. The van der Waals surface area contributed by atoms with Crippen molar-refractivity contribution >= 4 is 32.9 Å². The zero-order chi connectivity index (χ0) is 13.9. The van der Waals surface area contributed by atoms with Crippen molar-refractivity contribution in [3.8, 4) is 0 Å². The molecule has 1 N–H and O–H groups in total. The molecule has 0 aliphatic rings. The van der Waals surface area contributed by atoms with Crippen molar-refractivity contribution in [2.75, 3.05) is 6.54 Å². The van der Waals surface area contributed by atoms with E-state index >= 15 is 0 Å². The Morgan fingerprint density at radius 2 is 2.00 bits per heavy atom. The maximum absolute atomic E-state index is 4.75. The van der Waals surface area contributed by atoms with Gasteiger partial charge < -0.3 is 5.32 Å². The number of thiazole rings is 1. The first-order valence-corrected chi connectivity index (χ1v) is 8.53. The van der Waals surface area contributed by atoms with E-state index in [9.17, 15) is 0 Å². The molecule has 1 aromatic carbocycles. The number of fused-ring (bicyclic) bond motifs is 1. The standard InChI is InChI=1S/C16H18N2S2/c1-3-17-13(15-9-8-11(2)19-15)10-16-18-12-6-4-5-7-14(12)20-16/h4-9,13,17H,3,10H2,1-2H3. The molecule has 0 bridgehead atoms. The van der Waals surface area contributed by atoms with Crippen LogP contribution in [-0.4, -0.2) is 11.5 Å². The molecule has 1 unspecified atom stereocenters. The maximum Gasteiger partial charge on any atom is 0.0957 e. The van der Waals surface area contributed by atoms with Gasteiger partial charge in [-0.1, -0.05) is 19.1 Å². The summed E-state index contributed by atoms with van der Waals surface area (Å²) in [5, 5.41) is 4.79. The second-order valence-corrected chi connectivity index (χ2v) is 7.27. The van der Waals surface area contributed by atoms with Gasteiger partial charge in [-0.05, 0) is 37.7 Å². The Morgan fingerprint density at radius 1 is 1.15 bits per heavy atom. The number of likely N-dealkylation sites (N-methyl/N-ethyl adjacent to an activating group) is 1. The molecule has 0 aliphatic carbocycles. The van der Waals surface area contributed by atoms with E-state index in [4.69, 9.17) is 4.98 Å². The van der Waals surface area contributed by atoms with Gasteiger partial charge in [0.05, 0.1) is 15.2 Å². The molecule has 2 aromatic heterocycles. The predicted octanol–water partition coefficient (Wildman–Crippen LogP) is 4.56. The first-order valence-electron chi connectivity index (χ1n) is 6.90. The van der Waals surface area contributed by atoms with Crippen LogP contribution in [0.25, 0.3) is 10.2 Å². The Hall–Kier alpha value is -1.23. The molecule has 20 heavy (non-hydrogen) atoms. The van der Waals surface area contributed by atoms with Gasteiger partial charge in [-0.25, -0.2) is 4.98 Å². The van der Waals surface area contributed by atoms with Crippen LogP contribution in [0.3, 0.4) is 0 Å². The van der Waals surface area contributed by atoms with Crippen molar-refractivity contribution in [2.45, 2.75) is 26.3 Å². The quantitative estimate of drug-likeness (QED) is 0.747. The Morgan fingerprint density at radius 3 is 2.70 bits per heavy atom. The van der Waals surface area contributed by atoms with Gasteiger partial charge in [-0.15, -0.1) is 22.7 Å². The van der Waals surface area contributed by atoms with Crippen molar-refractivity contribution in [1.29, 1.82) is 0 Å². The van der Waals surface area contributed by atoms with Gasteiger partial charge in [0.1, 0.15) is 0 Å². The highest BCUT2D eigenvalue weighted by molar-refractivity contribution is 7.18. The maximum atomic E-state index is 4.75. The molecule has 104 valence electrons. The summed E-state index contributed by atoms with van der Waals surface area (Å²) in [6.07, 6.45) is 0.965. The molecule has 2 nitrogen and oxygen atoms in total. The summed E-state index contributed by atoms with van der Waals surface area (Å²) < 4.78 is 1.28. The van der Waals surface area contributed by atoms with Gasteiger partial charge >= 0.3 is 0 Å². The van der Waals surface area contributed by atoms with Crippen LogP contribution in [0.1, 0.15) is 27.7 Å². The van der Waals surface area contributed by atoms with Crippen LogP contribution in [0.15, 0.2) is 36.4 Å². The summed E-state index contributed by atoms with van der Waals surface area (Å²) in [6, 6.07) is 13.2. The zero-order valence-electron chi connectivity index (χ0n) is 11.7. The number of para-hydroxylation sites is 1. The second-order valence-electron chi connectivity index (χ2n) is 4.84. The molecule has 3 rings (SSSR count). The van der Waals surface area contributed by atoms with Crippen LogP contribution >= 0.6 is 22.7 Å². The molecular formula is C16H18N2S2. The number of nitrogens with zero attached hydrogens (tertiary/aromatic N) is 1. The number of hydrogen-bond acceptors (Lipinski definition) is 4. The number of nitrogens with one attached hydrogen (secondary N) is 1. The largest absolute Gasteiger partial charge is 0.309 e. The topological polar surface area (TPSA) is 24.9 Å². The van der Waals surface area contributed by atoms with E-state index in [1.807, 2.05) is 11.3 Å². The highest BCUT2D eigenvalue weighted by Crippen LogP contribution is 2.29. The third-order valence-electron chi connectivity index (χ3n) is 3.27. The molecule has 3 aromatic rings. The lowest BCUT2D eigenvalue weighted by Crippen LogP contribution is -2.21.